The highest BCUT2D eigenvalue weighted by atomic mass is 16.7. The molecule has 0 saturated carbocycles. The van der Waals surface area contributed by atoms with Crippen LogP contribution in [0.15, 0.2) is 29.4 Å². The highest BCUT2D eigenvalue weighted by Gasteiger charge is 2.37. The largest absolute Gasteiger partial charge is 0.365 e. The Balaban J connectivity index is 1.62. The minimum Gasteiger partial charge on any atom is -0.313 e. The number of oxime groups is 1. The average molecular weight is 303 g/mol. The Morgan fingerprint density at radius 2 is 1.86 bits per heavy atom. The van der Waals surface area contributed by atoms with Gasteiger partial charge in [-0.15, -0.1) is 0 Å². The van der Waals surface area contributed by atoms with Crippen molar-refractivity contribution in [2.24, 2.45) is 5.16 Å². The second-order valence-corrected chi connectivity index (χ2v) is 5.80. The molecule has 1 aromatic rings. The molecular weight excluding hydrogens is 286 g/mol. The molecule has 2 heterocycles. The molecule has 2 aliphatic rings. The van der Waals surface area contributed by atoms with Crippen LogP contribution in [0.3, 0.4) is 0 Å². The second kappa shape index (κ2) is 5.84. The minimum atomic E-state index is -0.589. The highest BCUT2D eigenvalue weighted by Crippen LogP contribution is 2.32. The van der Waals surface area contributed by atoms with E-state index in [1.165, 1.54) is 24.3 Å². The van der Waals surface area contributed by atoms with Crippen LogP contribution in [0.25, 0.3) is 0 Å². The lowest BCUT2D eigenvalue weighted by Gasteiger charge is -2.31. The number of nitrogens with zero attached hydrogens (tertiary/aromatic N) is 3. The number of nitro benzene ring substituents is 1. The molecule has 2 fully saturated rings. The van der Waals surface area contributed by atoms with Gasteiger partial charge in [0.05, 0.1) is 16.2 Å². The Kier molecular flexibility index (Phi) is 3.89. The van der Waals surface area contributed by atoms with Crippen LogP contribution in [0.1, 0.15) is 36.0 Å². The van der Waals surface area contributed by atoms with E-state index < -0.39 is 10.9 Å². The molecule has 0 radical (unpaired) electrons. The molecule has 2 unspecified atom stereocenters. The summed E-state index contributed by atoms with van der Waals surface area (Å²) in [4.78, 5) is 29.3. The molecule has 2 bridgehead atoms. The molecule has 1 aromatic carbocycles. The van der Waals surface area contributed by atoms with Gasteiger partial charge in [-0.1, -0.05) is 5.16 Å². The number of rotatable bonds is 3. The maximum atomic E-state index is 11.9. The van der Waals surface area contributed by atoms with Crippen LogP contribution in [0.4, 0.5) is 5.69 Å². The number of piperidine rings is 1. The lowest BCUT2D eigenvalue weighted by molar-refractivity contribution is -0.384. The molecule has 22 heavy (non-hydrogen) atoms. The van der Waals surface area contributed by atoms with Gasteiger partial charge in [0.2, 0.25) is 0 Å². The predicted molar refractivity (Wildman–Crippen MR) is 79.8 cm³/mol. The number of nitro groups is 1. The van der Waals surface area contributed by atoms with Crippen LogP contribution >= 0.6 is 0 Å². The lowest BCUT2D eigenvalue weighted by atomic mass is 10.0. The lowest BCUT2D eigenvalue weighted by Crippen LogP contribution is -2.40. The molecule has 0 aromatic heterocycles. The van der Waals surface area contributed by atoms with E-state index in [0.29, 0.717) is 12.1 Å². The summed E-state index contributed by atoms with van der Waals surface area (Å²) in [7, 11) is 2.13. The Morgan fingerprint density at radius 1 is 1.27 bits per heavy atom. The number of benzene rings is 1. The van der Waals surface area contributed by atoms with E-state index in [4.69, 9.17) is 4.84 Å². The first-order valence-electron chi connectivity index (χ1n) is 7.28. The van der Waals surface area contributed by atoms with Crippen molar-refractivity contribution in [2.75, 3.05) is 7.05 Å². The molecule has 7 heteroatoms. The van der Waals surface area contributed by atoms with Gasteiger partial charge in [0, 0.05) is 37.1 Å². The topological polar surface area (TPSA) is 85.0 Å². The average Bonchev–Trinajstić information content (AvgIpc) is 2.75. The first-order chi connectivity index (χ1) is 10.5. The Labute approximate surface area is 127 Å². The summed E-state index contributed by atoms with van der Waals surface area (Å²) in [5, 5.41) is 14.6. The predicted octanol–water partition coefficient (Wildman–Crippen LogP) is 2.36. The van der Waals surface area contributed by atoms with Gasteiger partial charge in [0.25, 0.3) is 5.69 Å². The van der Waals surface area contributed by atoms with Gasteiger partial charge in [0.15, 0.2) is 0 Å². The van der Waals surface area contributed by atoms with Crippen LogP contribution in [-0.4, -0.2) is 40.6 Å². The quantitative estimate of drug-likeness (QED) is 0.486. The first kappa shape index (κ1) is 14.6. The molecule has 3 rings (SSSR count). The van der Waals surface area contributed by atoms with Crippen LogP contribution in [0.5, 0.6) is 0 Å². The van der Waals surface area contributed by atoms with Gasteiger partial charge in [0.1, 0.15) is 0 Å². The van der Waals surface area contributed by atoms with Crippen molar-refractivity contribution in [3.63, 3.8) is 0 Å². The summed E-state index contributed by atoms with van der Waals surface area (Å²) in [5.41, 5.74) is 1.11. The molecule has 116 valence electrons. The molecule has 0 spiro atoms. The van der Waals surface area contributed by atoms with Gasteiger partial charge in [-0.2, -0.15) is 0 Å². The van der Waals surface area contributed by atoms with Crippen molar-refractivity contribution in [3.8, 4) is 0 Å². The van der Waals surface area contributed by atoms with Crippen molar-refractivity contribution in [1.82, 2.24) is 4.90 Å². The molecule has 0 amide bonds. The Morgan fingerprint density at radius 3 is 2.41 bits per heavy atom. The van der Waals surface area contributed by atoms with E-state index in [-0.39, 0.29) is 11.3 Å². The standard InChI is InChI=1S/C15H17N3O4/c1-17-13-6-7-14(17)9-11(8-13)16-22-15(19)10-2-4-12(5-3-10)18(20)21/h2-5,13-14H,6-9H2,1H3. The Bertz CT molecular complexity index is 610. The third-order valence-corrected chi connectivity index (χ3v) is 4.50. The first-order valence-corrected chi connectivity index (χ1v) is 7.28. The summed E-state index contributed by atoms with van der Waals surface area (Å²) in [6.07, 6.45) is 3.99. The van der Waals surface area contributed by atoms with E-state index in [1.54, 1.807) is 0 Å². The van der Waals surface area contributed by atoms with Crippen LogP contribution in [-0.2, 0) is 4.84 Å². The van der Waals surface area contributed by atoms with Crippen molar-refractivity contribution in [2.45, 2.75) is 37.8 Å². The van der Waals surface area contributed by atoms with E-state index in [1.807, 2.05) is 0 Å². The zero-order valence-corrected chi connectivity index (χ0v) is 12.3. The maximum Gasteiger partial charge on any atom is 0.365 e. The van der Waals surface area contributed by atoms with Gasteiger partial charge in [-0.05, 0) is 32.0 Å². The smallest absolute Gasteiger partial charge is 0.313 e. The minimum absolute atomic E-state index is 0.0604. The Hall–Kier alpha value is -2.28. The summed E-state index contributed by atoms with van der Waals surface area (Å²) < 4.78 is 0. The molecular formula is C15H17N3O4. The summed E-state index contributed by atoms with van der Waals surface area (Å²) in [6.45, 7) is 0. The van der Waals surface area contributed by atoms with E-state index in [2.05, 4.69) is 17.1 Å². The fraction of sp³-hybridized carbons (Fsp3) is 0.467. The molecule has 2 aliphatic heterocycles. The fourth-order valence-electron chi connectivity index (χ4n) is 3.16. The van der Waals surface area contributed by atoms with E-state index in [9.17, 15) is 14.9 Å². The van der Waals surface area contributed by atoms with Crippen molar-refractivity contribution < 1.29 is 14.6 Å². The highest BCUT2D eigenvalue weighted by molar-refractivity contribution is 5.91. The second-order valence-electron chi connectivity index (χ2n) is 5.80. The van der Waals surface area contributed by atoms with Gasteiger partial charge in [-0.25, -0.2) is 4.79 Å². The zero-order chi connectivity index (χ0) is 15.7. The summed E-state index contributed by atoms with van der Waals surface area (Å²) in [6, 6.07) is 6.29. The number of carbonyl (C=O) groups is 1. The van der Waals surface area contributed by atoms with Gasteiger partial charge < -0.3 is 4.84 Å². The van der Waals surface area contributed by atoms with Crippen molar-refractivity contribution in [1.29, 1.82) is 0 Å². The SMILES string of the molecule is CN1C2CCC1CC(=NOC(=O)c1ccc([N+](=O)[O-])cc1)C2. The number of hydrogen-bond donors (Lipinski definition) is 0. The number of carbonyl (C=O) groups excluding carboxylic acids is 1. The van der Waals surface area contributed by atoms with Gasteiger partial charge in [-0.3, -0.25) is 15.0 Å². The third-order valence-electron chi connectivity index (χ3n) is 4.50. The monoisotopic (exact) mass is 303 g/mol. The number of fused-ring (bicyclic) bond motifs is 2. The molecule has 7 nitrogen and oxygen atoms in total. The van der Waals surface area contributed by atoms with Crippen LogP contribution < -0.4 is 0 Å². The third kappa shape index (κ3) is 2.85. The summed E-state index contributed by atoms with van der Waals surface area (Å²) in [5.74, 6) is -0.589. The zero-order valence-electron chi connectivity index (χ0n) is 12.3. The van der Waals surface area contributed by atoms with Crippen LogP contribution in [0.2, 0.25) is 0 Å². The summed E-state index contributed by atoms with van der Waals surface area (Å²) >= 11 is 0. The van der Waals surface area contributed by atoms with E-state index >= 15 is 0 Å². The molecule has 0 N–H and O–H groups in total. The molecule has 2 saturated heterocycles. The molecule has 0 aliphatic carbocycles. The number of non-ortho nitro benzene ring substituents is 1. The van der Waals surface area contributed by atoms with Crippen molar-refractivity contribution in [3.05, 3.63) is 39.9 Å². The number of hydrogen-bond acceptors (Lipinski definition) is 6. The van der Waals surface area contributed by atoms with E-state index in [0.717, 1.165) is 31.4 Å². The van der Waals surface area contributed by atoms with Crippen molar-refractivity contribution >= 4 is 17.4 Å². The molecule has 2 atom stereocenters. The normalized spacial score (nSPS) is 24.1. The van der Waals surface area contributed by atoms with Crippen LogP contribution in [0, 0.1) is 10.1 Å². The van der Waals surface area contributed by atoms with Gasteiger partial charge >= 0.3 is 5.97 Å². The fourth-order valence-corrected chi connectivity index (χ4v) is 3.16. The maximum absolute atomic E-state index is 11.9.